The van der Waals surface area contributed by atoms with Crippen LogP contribution in [0.1, 0.15) is 25.3 Å². The zero-order chi connectivity index (χ0) is 19.7. The Morgan fingerprint density at radius 3 is 2.82 bits per heavy atom. The fourth-order valence-corrected chi connectivity index (χ4v) is 3.72. The first-order valence-corrected chi connectivity index (χ1v) is 9.46. The van der Waals surface area contributed by atoms with Crippen LogP contribution in [0.2, 0.25) is 0 Å². The van der Waals surface area contributed by atoms with Gasteiger partial charge in [0.25, 0.3) is 11.6 Å². The van der Waals surface area contributed by atoms with Gasteiger partial charge >= 0.3 is 0 Å². The van der Waals surface area contributed by atoms with Gasteiger partial charge in [0, 0.05) is 30.3 Å². The molecule has 0 radical (unpaired) electrons. The molecule has 0 unspecified atom stereocenters. The molecule has 7 heteroatoms. The Morgan fingerprint density at radius 2 is 2.07 bits per heavy atom. The molecular formula is C21H22N4O3. The zero-order valence-electron chi connectivity index (χ0n) is 16.0. The predicted octanol–water partition coefficient (Wildman–Crippen LogP) is 4.86. The van der Waals surface area contributed by atoms with E-state index < -0.39 is 0 Å². The van der Waals surface area contributed by atoms with Crippen LogP contribution >= 0.6 is 0 Å². The Labute approximate surface area is 163 Å². The Balaban J connectivity index is 1.67. The number of nitrogens with zero attached hydrogens (tertiary/aromatic N) is 4. The number of piperidine rings is 1. The molecule has 0 amide bonds. The van der Waals surface area contributed by atoms with Crippen molar-refractivity contribution in [3.8, 4) is 22.8 Å². The molecule has 1 aromatic heterocycles. The van der Waals surface area contributed by atoms with Crippen LogP contribution in [-0.2, 0) is 0 Å². The molecule has 2 aromatic carbocycles. The summed E-state index contributed by atoms with van der Waals surface area (Å²) in [7, 11) is 0. The van der Waals surface area contributed by atoms with Gasteiger partial charge in [-0.1, -0.05) is 35.8 Å². The molecule has 1 aliphatic heterocycles. The van der Waals surface area contributed by atoms with Gasteiger partial charge in [0.2, 0.25) is 5.82 Å². The molecule has 1 atom stereocenters. The van der Waals surface area contributed by atoms with E-state index in [1.165, 1.54) is 6.07 Å². The molecule has 0 saturated carbocycles. The average molecular weight is 378 g/mol. The van der Waals surface area contributed by atoms with Crippen LogP contribution in [0.25, 0.3) is 22.8 Å². The summed E-state index contributed by atoms with van der Waals surface area (Å²) in [5.74, 6) is 1.27. The molecule has 7 nitrogen and oxygen atoms in total. The highest BCUT2D eigenvalue weighted by Crippen LogP contribution is 2.35. The molecule has 1 fully saturated rings. The van der Waals surface area contributed by atoms with Crippen LogP contribution in [0.4, 0.5) is 11.4 Å². The minimum absolute atomic E-state index is 0.0712. The molecule has 1 aliphatic rings. The standard InChI is InChI=1S/C21H22N4O3/c1-14-5-3-7-16(11-14)20-22-21(28-23-20)17-8-9-18(19(12-17)25(26)27)24-10-4-6-15(2)13-24/h3,5,7-9,11-12,15H,4,6,10,13H2,1-2H3/t15-/m1/s1. The number of anilines is 1. The van der Waals surface area contributed by atoms with E-state index in [1.807, 2.05) is 37.3 Å². The van der Waals surface area contributed by atoms with Crippen molar-refractivity contribution in [1.29, 1.82) is 0 Å². The fraction of sp³-hybridized carbons (Fsp3) is 0.333. The third-order valence-electron chi connectivity index (χ3n) is 5.12. The largest absolute Gasteiger partial charge is 0.366 e. The topological polar surface area (TPSA) is 85.3 Å². The summed E-state index contributed by atoms with van der Waals surface area (Å²) in [6, 6.07) is 12.9. The summed E-state index contributed by atoms with van der Waals surface area (Å²) in [5, 5.41) is 15.7. The van der Waals surface area contributed by atoms with Crippen LogP contribution in [-0.4, -0.2) is 28.2 Å². The van der Waals surface area contributed by atoms with E-state index in [1.54, 1.807) is 6.07 Å². The van der Waals surface area contributed by atoms with Crippen LogP contribution in [0.3, 0.4) is 0 Å². The number of aromatic nitrogens is 2. The van der Waals surface area contributed by atoms with Gasteiger partial charge in [0.05, 0.1) is 4.92 Å². The van der Waals surface area contributed by atoms with Crippen molar-refractivity contribution in [2.75, 3.05) is 18.0 Å². The number of hydrogen-bond acceptors (Lipinski definition) is 6. The van der Waals surface area contributed by atoms with E-state index in [0.29, 0.717) is 23.0 Å². The smallest absolute Gasteiger partial charge is 0.293 e. The Kier molecular flexibility index (Phi) is 4.81. The van der Waals surface area contributed by atoms with E-state index in [2.05, 4.69) is 22.0 Å². The van der Waals surface area contributed by atoms with Gasteiger partial charge < -0.3 is 9.42 Å². The number of nitro groups is 1. The summed E-state index contributed by atoms with van der Waals surface area (Å²) in [5.41, 5.74) is 3.22. The number of nitro benzene ring substituents is 1. The van der Waals surface area contributed by atoms with Crippen molar-refractivity contribution in [1.82, 2.24) is 10.1 Å². The van der Waals surface area contributed by atoms with Gasteiger partial charge in [-0.25, -0.2) is 0 Å². The molecule has 1 saturated heterocycles. The van der Waals surface area contributed by atoms with Crippen molar-refractivity contribution in [2.45, 2.75) is 26.7 Å². The predicted molar refractivity (Wildman–Crippen MR) is 107 cm³/mol. The summed E-state index contributed by atoms with van der Waals surface area (Å²) in [6.45, 7) is 5.84. The lowest BCUT2D eigenvalue weighted by Crippen LogP contribution is -2.34. The first-order valence-electron chi connectivity index (χ1n) is 9.46. The van der Waals surface area contributed by atoms with E-state index in [-0.39, 0.29) is 16.5 Å². The second-order valence-electron chi connectivity index (χ2n) is 7.45. The molecule has 3 aromatic rings. The average Bonchev–Trinajstić information content (AvgIpc) is 3.18. The first-order chi connectivity index (χ1) is 13.5. The van der Waals surface area contributed by atoms with E-state index in [0.717, 1.165) is 37.1 Å². The third-order valence-corrected chi connectivity index (χ3v) is 5.12. The van der Waals surface area contributed by atoms with Gasteiger partial charge in [0.15, 0.2) is 0 Å². The molecule has 0 N–H and O–H groups in total. The second-order valence-corrected chi connectivity index (χ2v) is 7.45. The maximum Gasteiger partial charge on any atom is 0.293 e. The normalized spacial score (nSPS) is 16.9. The summed E-state index contributed by atoms with van der Waals surface area (Å²) >= 11 is 0. The molecule has 28 heavy (non-hydrogen) atoms. The number of hydrogen-bond donors (Lipinski definition) is 0. The van der Waals surface area contributed by atoms with Crippen LogP contribution in [0.15, 0.2) is 47.0 Å². The maximum atomic E-state index is 11.7. The van der Waals surface area contributed by atoms with E-state index in [4.69, 9.17) is 4.52 Å². The number of rotatable bonds is 4. The van der Waals surface area contributed by atoms with Gasteiger partial charge in [-0.2, -0.15) is 4.98 Å². The quantitative estimate of drug-likeness (QED) is 0.476. The number of benzene rings is 2. The van der Waals surface area contributed by atoms with Crippen molar-refractivity contribution in [3.63, 3.8) is 0 Å². The molecule has 2 heterocycles. The van der Waals surface area contributed by atoms with E-state index >= 15 is 0 Å². The van der Waals surface area contributed by atoms with Crippen LogP contribution in [0.5, 0.6) is 0 Å². The Bertz CT molecular complexity index is 1010. The van der Waals surface area contributed by atoms with Crippen molar-refractivity contribution >= 4 is 11.4 Å². The molecule has 0 bridgehead atoms. The maximum absolute atomic E-state index is 11.7. The molecule has 144 valence electrons. The van der Waals surface area contributed by atoms with Crippen LogP contribution < -0.4 is 4.90 Å². The fourth-order valence-electron chi connectivity index (χ4n) is 3.72. The van der Waals surface area contributed by atoms with Gasteiger partial charge in [-0.05, 0) is 43.9 Å². The highest BCUT2D eigenvalue weighted by atomic mass is 16.6. The summed E-state index contributed by atoms with van der Waals surface area (Å²) in [4.78, 5) is 17.9. The van der Waals surface area contributed by atoms with Crippen molar-refractivity contribution in [3.05, 3.63) is 58.1 Å². The lowest BCUT2D eigenvalue weighted by molar-refractivity contribution is -0.384. The second kappa shape index (κ2) is 7.42. The molecular weight excluding hydrogens is 356 g/mol. The zero-order valence-corrected chi connectivity index (χ0v) is 16.0. The van der Waals surface area contributed by atoms with Gasteiger partial charge in [-0.3, -0.25) is 10.1 Å². The summed E-state index contributed by atoms with van der Waals surface area (Å²) in [6.07, 6.45) is 2.20. The number of aryl methyl sites for hydroxylation is 1. The summed E-state index contributed by atoms with van der Waals surface area (Å²) < 4.78 is 5.38. The lowest BCUT2D eigenvalue weighted by atomic mass is 9.99. The van der Waals surface area contributed by atoms with Gasteiger partial charge in [0.1, 0.15) is 5.69 Å². The van der Waals surface area contributed by atoms with Crippen molar-refractivity contribution in [2.24, 2.45) is 5.92 Å². The Hall–Kier alpha value is -3.22. The van der Waals surface area contributed by atoms with Gasteiger partial charge in [-0.15, -0.1) is 0 Å². The van der Waals surface area contributed by atoms with Crippen molar-refractivity contribution < 1.29 is 9.45 Å². The minimum Gasteiger partial charge on any atom is -0.366 e. The molecule has 0 aliphatic carbocycles. The van der Waals surface area contributed by atoms with Crippen LogP contribution in [0, 0.1) is 23.0 Å². The third kappa shape index (κ3) is 3.60. The first kappa shape index (κ1) is 18.2. The SMILES string of the molecule is Cc1cccc(-c2noc(-c3ccc(N4CCC[C@@H](C)C4)c([N+](=O)[O-])c3)n2)c1. The molecule has 4 rings (SSSR count). The Morgan fingerprint density at radius 1 is 1.21 bits per heavy atom. The highest BCUT2D eigenvalue weighted by molar-refractivity contribution is 5.71. The minimum atomic E-state index is -0.337. The highest BCUT2D eigenvalue weighted by Gasteiger charge is 2.25. The lowest BCUT2D eigenvalue weighted by Gasteiger charge is -2.32. The van der Waals surface area contributed by atoms with E-state index in [9.17, 15) is 10.1 Å². The monoisotopic (exact) mass is 378 g/mol. The molecule has 0 spiro atoms.